The van der Waals surface area contributed by atoms with Gasteiger partial charge in [-0.2, -0.15) is 4.98 Å². The van der Waals surface area contributed by atoms with Gasteiger partial charge in [-0.25, -0.2) is 4.98 Å². The molecule has 4 rings (SSSR count). The largest absolute Gasteiger partial charge is 0.497 e. The maximum atomic E-state index is 5.30. The Kier molecular flexibility index (Phi) is 4.69. The lowest BCUT2D eigenvalue weighted by Crippen LogP contribution is -2.19. The third kappa shape index (κ3) is 3.61. The van der Waals surface area contributed by atoms with Crippen molar-refractivity contribution in [3.63, 3.8) is 0 Å². The van der Waals surface area contributed by atoms with Gasteiger partial charge in [0.2, 0.25) is 5.95 Å². The second-order valence-corrected chi connectivity index (χ2v) is 6.35. The first kappa shape index (κ1) is 16.4. The Balaban J connectivity index is 1.71. The van der Waals surface area contributed by atoms with Gasteiger partial charge in [0, 0.05) is 36.5 Å². The molecule has 1 N–H and O–H groups in total. The highest BCUT2D eigenvalue weighted by Crippen LogP contribution is 2.27. The van der Waals surface area contributed by atoms with Crippen LogP contribution in [0.1, 0.15) is 12.8 Å². The van der Waals surface area contributed by atoms with Gasteiger partial charge in [-0.1, -0.05) is 36.4 Å². The minimum atomic E-state index is 0.599. The molecule has 132 valence electrons. The van der Waals surface area contributed by atoms with E-state index in [4.69, 9.17) is 14.7 Å². The molecule has 1 saturated heterocycles. The lowest BCUT2D eigenvalue weighted by Gasteiger charge is -2.18. The molecule has 2 heterocycles. The summed E-state index contributed by atoms with van der Waals surface area (Å²) >= 11 is 0. The number of nitrogens with one attached hydrogen (secondary N) is 1. The third-order valence-electron chi connectivity index (χ3n) is 4.54. The van der Waals surface area contributed by atoms with E-state index < -0.39 is 0 Å². The highest BCUT2D eigenvalue weighted by molar-refractivity contribution is 5.67. The summed E-state index contributed by atoms with van der Waals surface area (Å²) in [5, 5.41) is 3.32. The van der Waals surface area contributed by atoms with E-state index in [0.717, 1.165) is 41.6 Å². The zero-order chi connectivity index (χ0) is 17.8. The predicted octanol–water partition coefficient (Wildman–Crippen LogP) is 4.50. The molecule has 0 atom stereocenters. The highest BCUT2D eigenvalue weighted by Gasteiger charge is 2.16. The number of nitrogens with zero attached hydrogens (tertiary/aromatic N) is 3. The number of hydrogen-bond acceptors (Lipinski definition) is 5. The van der Waals surface area contributed by atoms with Crippen LogP contribution in [0, 0.1) is 0 Å². The fraction of sp³-hybridized carbons (Fsp3) is 0.238. The molecule has 0 saturated carbocycles. The van der Waals surface area contributed by atoms with Gasteiger partial charge in [0.1, 0.15) is 11.6 Å². The average molecular weight is 346 g/mol. The van der Waals surface area contributed by atoms with Crippen molar-refractivity contribution in [3.05, 3.63) is 60.7 Å². The lowest BCUT2D eigenvalue weighted by atomic mass is 10.1. The van der Waals surface area contributed by atoms with E-state index in [1.165, 1.54) is 12.8 Å². The Hall–Kier alpha value is -3.08. The summed E-state index contributed by atoms with van der Waals surface area (Å²) in [4.78, 5) is 11.8. The molecule has 1 fully saturated rings. The van der Waals surface area contributed by atoms with Gasteiger partial charge in [0.25, 0.3) is 0 Å². The first-order valence-corrected chi connectivity index (χ1v) is 8.92. The van der Waals surface area contributed by atoms with Crippen LogP contribution < -0.4 is 15.0 Å². The highest BCUT2D eigenvalue weighted by atomic mass is 16.5. The molecular formula is C21H22N4O. The van der Waals surface area contributed by atoms with Crippen molar-refractivity contribution in [2.45, 2.75) is 12.8 Å². The first-order valence-electron chi connectivity index (χ1n) is 8.92. The molecule has 0 unspecified atom stereocenters. The SMILES string of the molecule is COc1cccc(Nc2nc(-c3ccccc3)cc(N3CCCC3)n2)c1. The van der Waals surface area contributed by atoms with Crippen molar-refractivity contribution >= 4 is 17.5 Å². The van der Waals surface area contributed by atoms with Crippen molar-refractivity contribution in [2.24, 2.45) is 0 Å². The molecule has 0 bridgehead atoms. The number of rotatable bonds is 5. The number of benzene rings is 2. The zero-order valence-electron chi connectivity index (χ0n) is 14.9. The Morgan fingerprint density at radius 1 is 0.923 bits per heavy atom. The van der Waals surface area contributed by atoms with Crippen molar-refractivity contribution in [1.82, 2.24) is 9.97 Å². The number of aromatic nitrogens is 2. The van der Waals surface area contributed by atoms with E-state index in [1.54, 1.807) is 7.11 Å². The average Bonchev–Trinajstić information content (AvgIpc) is 3.23. The predicted molar refractivity (Wildman–Crippen MR) is 105 cm³/mol. The van der Waals surface area contributed by atoms with Gasteiger partial charge in [-0.3, -0.25) is 0 Å². The Labute approximate surface area is 153 Å². The summed E-state index contributed by atoms with van der Waals surface area (Å²) in [5.74, 6) is 2.37. The summed E-state index contributed by atoms with van der Waals surface area (Å²) < 4.78 is 5.30. The van der Waals surface area contributed by atoms with Crippen molar-refractivity contribution in [2.75, 3.05) is 30.4 Å². The van der Waals surface area contributed by atoms with Crippen LogP contribution in [0.4, 0.5) is 17.5 Å². The quantitative estimate of drug-likeness (QED) is 0.737. The zero-order valence-corrected chi connectivity index (χ0v) is 14.9. The van der Waals surface area contributed by atoms with Gasteiger partial charge in [-0.15, -0.1) is 0 Å². The summed E-state index contributed by atoms with van der Waals surface area (Å²) in [6.07, 6.45) is 2.42. The Morgan fingerprint density at radius 2 is 1.73 bits per heavy atom. The normalized spacial score (nSPS) is 13.7. The number of anilines is 3. The van der Waals surface area contributed by atoms with Crippen molar-refractivity contribution in [1.29, 1.82) is 0 Å². The minimum absolute atomic E-state index is 0.599. The van der Waals surface area contributed by atoms with Crippen LogP contribution in [-0.2, 0) is 0 Å². The van der Waals surface area contributed by atoms with Crippen LogP contribution >= 0.6 is 0 Å². The van der Waals surface area contributed by atoms with Crippen LogP contribution in [0.5, 0.6) is 5.75 Å². The topological polar surface area (TPSA) is 50.3 Å². The van der Waals surface area contributed by atoms with Crippen LogP contribution in [0.3, 0.4) is 0 Å². The second kappa shape index (κ2) is 7.44. The molecule has 0 aliphatic carbocycles. The molecule has 0 amide bonds. The van der Waals surface area contributed by atoms with Crippen LogP contribution in [0.15, 0.2) is 60.7 Å². The number of ether oxygens (including phenoxy) is 1. The summed E-state index contributed by atoms with van der Waals surface area (Å²) in [5.41, 5.74) is 2.92. The minimum Gasteiger partial charge on any atom is -0.497 e. The molecule has 3 aromatic rings. The summed E-state index contributed by atoms with van der Waals surface area (Å²) in [7, 11) is 1.66. The molecule has 2 aromatic carbocycles. The third-order valence-corrected chi connectivity index (χ3v) is 4.54. The van der Waals surface area contributed by atoms with E-state index in [2.05, 4.69) is 28.4 Å². The molecular weight excluding hydrogens is 324 g/mol. The molecule has 1 aliphatic rings. The van der Waals surface area contributed by atoms with E-state index in [0.29, 0.717) is 5.95 Å². The maximum absolute atomic E-state index is 5.30. The monoisotopic (exact) mass is 346 g/mol. The smallest absolute Gasteiger partial charge is 0.229 e. The Morgan fingerprint density at radius 3 is 2.50 bits per heavy atom. The lowest BCUT2D eigenvalue weighted by molar-refractivity contribution is 0.415. The van der Waals surface area contributed by atoms with Crippen LogP contribution in [0.2, 0.25) is 0 Å². The van der Waals surface area contributed by atoms with E-state index in [9.17, 15) is 0 Å². The molecule has 1 aliphatic heterocycles. The van der Waals surface area contributed by atoms with Crippen LogP contribution in [0.25, 0.3) is 11.3 Å². The van der Waals surface area contributed by atoms with Gasteiger partial charge in [0.15, 0.2) is 0 Å². The summed E-state index contributed by atoms with van der Waals surface area (Å²) in [6, 6.07) is 20.1. The standard InChI is InChI=1S/C21H22N4O/c1-26-18-11-7-10-17(14-18)22-21-23-19(16-8-3-2-4-9-16)15-20(24-21)25-12-5-6-13-25/h2-4,7-11,14-15H,5-6,12-13H2,1H3,(H,22,23,24). The van der Waals surface area contributed by atoms with E-state index >= 15 is 0 Å². The van der Waals surface area contributed by atoms with Crippen molar-refractivity contribution < 1.29 is 4.74 Å². The molecule has 0 spiro atoms. The van der Waals surface area contributed by atoms with Crippen molar-refractivity contribution in [3.8, 4) is 17.0 Å². The summed E-state index contributed by atoms with van der Waals surface area (Å²) in [6.45, 7) is 2.09. The molecule has 1 aromatic heterocycles. The molecule has 5 nitrogen and oxygen atoms in total. The Bertz CT molecular complexity index is 876. The van der Waals surface area contributed by atoms with Gasteiger partial charge < -0.3 is 15.0 Å². The maximum Gasteiger partial charge on any atom is 0.229 e. The first-order chi connectivity index (χ1) is 12.8. The second-order valence-electron chi connectivity index (χ2n) is 6.35. The van der Waals surface area contributed by atoms with Crippen LogP contribution in [-0.4, -0.2) is 30.2 Å². The van der Waals surface area contributed by atoms with E-state index in [1.807, 2.05) is 42.5 Å². The number of hydrogen-bond donors (Lipinski definition) is 1. The fourth-order valence-electron chi connectivity index (χ4n) is 3.19. The van der Waals surface area contributed by atoms with Gasteiger partial charge in [-0.05, 0) is 25.0 Å². The molecule has 26 heavy (non-hydrogen) atoms. The van der Waals surface area contributed by atoms with Gasteiger partial charge >= 0.3 is 0 Å². The van der Waals surface area contributed by atoms with Gasteiger partial charge in [0.05, 0.1) is 12.8 Å². The number of methoxy groups -OCH3 is 1. The van der Waals surface area contributed by atoms with E-state index in [-0.39, 0.29) is 0 Å². The molecule has 0 radical (unpaired) electrons. The fourth-order valence-corrected chi connectivity index (χ4v) is 3.19. The molecule has 5 heteroatoms.